The zero-order valence-electron chi connectivity index (χ0n) is 13.1. The number of aliphatic hydroxyl groups is 1. The predicted molar refractivity (Wildman–Crippen MR) is 91.5 cm³/mol. The number of aryl methyl sites for hydroxylation is 1. The molecule has 3 rings (SSSR count). The summed E-state index contributed by atoms with van der Waals surface area (Å²) in [5.41, 5.74) is 2.41. The SMILES string of the molecule is Cc1ccccc1C(O)CNC(=O)C1(c2ccc(Cl)cc2)CC1. The van der Waals surface area contributed by atoms with E-state index in [0.29, 0.717) is 5.02 Å². The van der Waals surface area contributed by atoms with Crippen LogP contribution in [0.4, 0.5) is 0 Å². The van der Waals surface area contributed by atoms with Gasteiger partial charge in [-0.05, 0) is 48.6 Å². The number of carbonyl (C=O) groups excluding carboxylic acids is 1. The number of nitrogens with one attached hydrogen (secondary N) is 1. The Morgan fingerprint density at radius 2 is 1.87 bits per heavy atom. The van der Waals surface area contributed by atoms with E-state index in [1.54, 1.807) is 0 Å². The van der Waals surface area contributed by atoms with Crippen LogP contribution >= 0.6 is 11.6 Å². The summed E-state index contributed by atoms with van der Waals surface area (Å²) < 4.78 is 0. The van der Waals surface area contributed by atoms with Gasteiger partial charge in [-0.3, -0.25) is 4.79 Å². The Balaban J connectivity index is 1.66. The van der Waals surface area contributed by atoms with Crippen molar-refractivity contribution in [3.05, 3.63) is 70.2 Å². The second-order valence-electron chi connectivity index (χ2n) is 6.17. The molecule has 2 aromatic rings. The monoisotopic (exact) mass is 329 g/mol. The summed E-state index contributed by atoms with van der Waals surface area (Å²) in [6.07, 6.45) is 0.975. The molecule has 0 bridgehead atoms. The van der Waals surface area contributed by atoms with Gasteiger partial charge in [0.25, 0.3) is 0 Å². The molecule has 1 unspecified atom stereocenters. The third-order valence-electron chi connectivity index (χ3n) is 4.58. The third kappa shape index (κ3) is 3.26. The van der Waals surface area contributed by atoms with Crippen molar-refractivity contribution in [1.82, 2.24) is 5.32 Å². The minimum absolute atomic E-state index is 0.0209. The zero-order chi connectivity index (χ0) is 16.4. The summed E-state index contributed by atoms with van der Waals surface area (Å²) in [6.45, 7) is 2.18. The van der Waals surface area contributed by atoms with Crippen LogP contribution in [-0.4, -0.2) is 17.6 Å². The Morgan fingerprint density at radius 1 is 1.22 bits per heavy atom. The number of rotatable bonds is 5. The molecule has 3 nitrogen and oxygen atoms in total. The first-order valence-corrected chi connectivity index (χ1v) is 8.19. The Hall–Kier alpha value is -1.84. The maximum absolute atomic E-state index is 12.6. The Morgan fingerprint density at radius 3 is 2.48 bits per heavy atom. The van der Waals surface area contributed by atoms with Gasteiger partial charge in [0.05, 0.1) is 11.5 Å². The van der Waals surface area contributed by atoms with Gasteiger partial charge in [0.15, 0.2) is 0 Å². The minimum Gasteiger partial charge on any atom is -0.387 e. The molecule has 1 fully saturated rings. The molecule has 0 spiro atoms. The Kier molecular flexibility index (Phi) is 4.42. The summed E-state index contributed by atoms with van der Waals surface area (Å²) in [5, 5.41) is 13.9. The number of hydrogen-bond acceptors (Lipinski definition) is 2. The molecule has 120 valence electrons. The lowest BCUT2D eigenvalue weighted by Gasteiger charge is -2.19. The van der Waals surface area contributed by atoms with Crippen molar-refractivity contribution in [2.45, 2.75) is 31.3 Å². The summed E-state index contributed by atoms with van der Waals surface area (Å²) in [6, 6.07) is 15.1. The zero-order valence-corrected chi connectivity index (χ0v) is 13.8. The fraction of sp³-hybridized carbons (Fsp3) is 0.316. The van der Waals surface area contributed by atoms with Crippen LogP contribution in [0.5, 0.6) is 0 Å². The molecule has 0 aromatic heterocycles. The molecule has 2 N–H and O–H groups in total. The molecule has 4 heteroatoms. The largest absolute Gasteiger partial charge is 0.387 e. The highest BCUT2D eigenvalue weighted by Crippen LogP contribution is 2.48. The first-order valence-electron chi connectivity index (χ1n) is 7.81. The molecule has 23 heavy (non-hydrogen) atoms. The lowest BCUT2D eigenvalue weighted by atomic mass is 9.95. The molecule has 1 amide bonds. The van der Waals surface area contributed by atoms with E-state index in [1.165, 1.54) is 0 Å². The standard InChI is InChI=1S/C19H20ClNO2/c1-13-4-2-3-5-16(13)17(22)12-21-18(23)19(10-11-19)14-6-8-15(20)9-7-14/h2-9,17,22H,10-12H2,1H3,(H,21,23). The highest BCUT2D eigenvalue weighted by molar-refractivity contribution is 6.30. The minimum atomic E-state index is -0.693. The van der Waals surface area contributed by atoms with Gasteiger partial charge in [0.2, 0.25) is 5.91 Å². The fourth-order valence-corrected chi connectivity index (χ4v) is 3.10. The van der Waals surface area contributed by atoms with E-state index in [4.69, 9.17) is 11.6 Å². The summed E-state index contributed by atoms with van der Waals surface area (Å²) in [7, 11) is 0. The lowest BCUT2D eigenvalue weighted by molar-refractivity contribution is -0.124. The van der Waals surface area contributed by atoms with Gasteiger partial charge in [0.1, 0.15) is 0 Å². The second-order valence-corrected chi connectivity index (χ2v) is 6.61. The molecule has 2 aromatic carbocycles. The normalized spacial score (nSPS) is 16.7. The molecule has 1 aliphatic rings. The summed E-state index contributed by atoms with van der Waals surface area (Å²) in [4.78, 5) is 12.6. The van der Waals surface area contributed by atoms with Crippen LogP contribution in [0, 0.1) is 6.92 Å². The van der Waals surface area contributed by atoms with Crippen LogP contribution in [0.3, 0.4) is 0 Å². The van der Waals surface area contributed by atoms with Crippen molar-refractivity contribution in [3.63, 3.8) is 0 Å². The third-order valence-corrected chi connectivity index (χ3v) is 4.84. The average molecular weight is 330 g/mol. The molecule has 0 heterocycles. The Labute approximate surface area is 141 Å². The molecular weight excluding hydrogens is 310 g/mol. The number of carbonyl (C=O) groups is 1. The fourth-order valence-electron chi connectivity index (χ4n) is 2.97. The number of amides is 1. The van der Waals surface area contributed by atoms with Gasteiger partial charge in [0, 0.05) is 11.6 Å². The molecule has 1 saturated carbocycles. The first-order chi connectivity index (χ1) is 11.0. The van der Waals surface area contributed by atoms with Crippen LogP contribution in [0.15, 0.2) is 48.5 Å². The van der Waals surface area contributed by atoms with Crippen LogP contribution in [-0.2, 0) is 10.2 Å². The number of hydrogen-bond donors (Lipinski definition) is 2. The number of aliphatic hydroxyl groups excluding tert-OH is 1. The highest BCUT2D eigenvalue weighted by atomic mass is 35.5. The molecule has 1 atom stereocenters. The molecule has 0 saturated heterocycles. The van der Waals surface area contributed by atoms with Crippen molar-refractivity contribution in [2.75, 3.05) is 6.54 Å². The van der Waals surface area contributed by atoms with E-state index >= 15 is 0 Å². The maximum atomic E-state index is 12.6. The predicted octanol–water partition coefficient (Wildman–Crippen LogP) is 3.53. The Bertz CT molecular complexity index is 708. The topological polar surface area (TPSA) is 49.3 Å². The summed E-state index contributed by atoms with van der Waals surface area (Å²) >= 11 is 5.91. The second kappa shape index (κ2) is 6.34. The van der Waals surface area contributed by atoms with Gasteiger partial charge in [-0.1, -0.05) is 48.0 Å². The van der Waals surface area contributed by atoms with E-state index in [1.807, 2.05) is 55.5 Å². The van der Waals surface area contributed by atoms with Gasteiger partial charge in [-0.25, -0.2) is 0 Å². The average Bonchev–Trinajstić information content (AvgIpc) is 3.35. The van der Waals surface area contributed by atoms with E-state index in [9.17, 15) is 9.90 Å². The van der Waals surface area contributed by atoms with E-state index in [2.05, 4.69) is 5.32 Å². The number of benzene rings is 2. The highest BCUT2D eigenvalue weighted by Gasteiger charge is 2.51. The van der Waals surface area contributed by atoms with E-state index < -0.39 is 11.5 Å². The van der Waals surface area contributed by atoms with Gasteiger partial charge >= 0.3 is 0 Å². The van der Waals surface area contributed by atoms with Crippen molar-refractivity contribution in [1.29, 1.82) is 0 Å². The van der Waals surface area contributed by atoms with E-state index in [0.717, 1.165) is 29.5 Å². The van der Waals surface area contributed by atoms with Crippen LogP contribution < -0.4 is 5.32 Å². The van der Waals surface area contributed by atoms with Crippen LogP contribution in [0.25, 0.3) is 0 Å². The first kappa shape index (κ1) is 16.0. The summed E-state index contributed by atoms with van der Waals surface area (Å²) in [5.74, 6) is -0.0209. The van der Waals surface area contributed by atoms with Gasteiger partial charge < -0.3 is 10.4 Å². The molecule has 0 aliphatic heterocycles. The number of halogens is 1. The van der Waals surface area contributed by atoms with Crippen molar-refractivity contribution >= 4 is 17.5 Å². The molecule has 1 aliphatic carbocycles. The van der Waals surface area contributed by atoms with Gasteiger partial charge in [-0.2, -0.15) is 0 Å². The maximum Gasteiger partial charge on any atom is 0.230 e. The van der Waals surface area contributed by atoms with Crippen LogP contribution in [0.1, 0.15) is 35.6 Å². The molecular formula is C19H20ClNO2. The lowest BCUT2D eigenvalue weighted by Crippen LogP contribution is -2.37. The van der Waals surface area contributed by atoms with Gasteiger partial charge in [-0.15, -0.1) is 0 Å². The smallest absolute Gasteiger partial charge is 0.230 e. The van der Waals surface area contributed by atoms with Crippen LogP contribution in [0.2, 0.25) is 5.02 Å². The van der Waals surface area contributed by atoms with E-state index in [-0.39, 0.29) is 12.5 Å². The van der Waals surface area contributed by atoms with Crippen molar-refractivity contribution in [3.8, 4) is 0 Å². The van der Waals surface area contributed by atoms with Crippen molar-refractivity contribution in [2.24, 2.45) is 0 Å². The molecule has 0 radical (unpaired) electrons. The van der Waals surface area contributed by atoms with Crippen molar-refractivity contribution < 1.29 is 9.90 Å². The quantitative estimate of drug-likeness (QED) is 0.881.